The molecule has 3 fully saturated rings. The third-order valence-electron chi connectivity index (χ3n) is 5.69. The van der Waals surface area contributed by atoms with Gasteiger partial charge >= 0.3 is 0 Å². The maximum absolute atomic E-state index is 12.8. The van der Waals surface area contributed by atoms with Crippen molar-refractivity contribution in [2.75, 3.05) is 39.8 Å². The average Bonchev–Trinajstić information content (AvgIpc) is 3.25. The molecule has 0 saturated carbocycles. The van der Waals surface area contributed by atoms with Crippen LogP contribution >= 0.6 is 11.3 Å². The van der Waals surface area contributed by atoms with Crippen LogP contribution in [0.3, 0.4) is 0 Å². The van der Waals surface area contributed by atoms with Gasteiger partial charge in [0.1, 0.15) is 6.10 Å². The van der Waals surface area contributed by atoms with Crippen LogP contribution in [0.1, 0.15) is 24.1 Å². The van der Waals surface area contributed by atoms with Gasteiger partial charge in [0.15, 0.2) is 0 Å². The highest BCUT2D eigenvalue weighted by molar-refractivity contribution is 7.09. The molecule has 1 aromatic heterocycles. The summed E-state index contributed by atoms with van der Waals surface area (Å²) in [5, 5.41) is 2.14. The summed E-state index contributed by atoms with van der Waals surface area (Å²) in [6, 6.07) is 4.82. The molecule has 132 valence electrons. The molecule has 0 radical (unpaired) electrons. The van der Waals surface area contributed by atoms with Gasteiger partial charge in [0.05, 0.1) is 6.10 Å². The van der Waals surface area contributed by atoms with Gasteiger partial charge in [-0.2, -0.15) is 0 Å². The maximum Gasteiger partial charge on any atom is 0.251 e. The van der Waals surface area contributed by atoms with Crippen LogP contribution in [-0.4, -0.2) is 78.6 Å². The fraction of sp³-hybridized carbons (Fsp3) is 0.722. The van der Waals surface area contributed by atoms with Crippen molar-refractivity contribution in [3.63, 3.8) is 0 Å². The van der Waals surface area contributed by atoms with Crippen molar-refractivity contribution < 1.29 is 9.53 Å². The Morgan fingerprint density at radius 2 is 2.04 bits per heavy atom. The van der Waals surface area contributed by atoms with E-state index in [1.807, 2.05) is 16.2 Å². The number of fused-ring (bicyclic) bond motifs is 1. The number of thiophene rings is 1. The summed E-state index contributed by atoms with van der Waals surface area (Å²) in [7, 11) is 2.12. The number of ether oxygens (including phenoxy) is 1. The lowest BCUT2D eigenvalue weighted by Gasteiger charge is -2.39. The zero-order valence-electron chi connectivity index (χ0n) is 14.4. The zero-order chi connectivity index (χ0) is 16.5. The van der Waals surface area contributed by atoms with Gasteiger partial charge in [0.25, 0.3) is 5.91 Å². The van der Waals surface area contributed by atoms with Crippen LogP contribution in [0.25, 0.3) is 0 Å². The van der Waals surface area contributed by atoms with Gasteiger partial charge in [-0.25, -0.2) is 0 Å². The SMILES string of the molecule is CN1CCN(C(=O)[C@H]2CC[C@@H]3[C@@H](CCN3Cc3cccs3)O2)CC1. The molecule has 0 N–H and O–H groups in total. The minimum absolute atomic E-state index is 0.212. The molecule has 4 rings (SSSR count). The molecular formula is C18H27N3O2S. The Balaban J connectivity index is 1.33. The summed E-state index contributed by atoms with van der Waals surface area (Å²) in [6.45, 7) is 5.74. The van der Waals surface area contributed by atoms with Crippen molar-refractivity contribution >= 4 is 17.2 Å². The number of hydrogen-bond donors (Lipinski definition) is 0. The normalized spacial score (nSPS) is 32.0. The number of piperazine rings is 1. The van der Waals surface area contributed by atoms with Crippen LogP contribution in [0.2, 0.25) is 0 Å². The van der Waals surface area contributed by atoms with E-state index in [1.54, 1.807) is 0 Å². The second kappa shape index (κ2) is 7.12. The second-order valence-electron chi connectivity index (χ2n) is 7.27. The van der Waals surface area contributed by atoms with Gasteiger partial charge in [-0.1, -0.05) is 6.07 Å². The molecule has 4 heterocycles. The molecule has 24 heavy (non-hydrogen) atoms. The minimum Gasteiger partial charge on any atom is -0.363 e. The van der Waals surface area contributed by atoms with Gasteiger partial charge in [-0.15, -0.1) is 11.3 Å². The van der Waals surface area contributed by atoms with Crippen molar-refractivity contribution in [3.05, 3.63) is 22.4 Å². The highest BCUT2D eigenvalue weighted by Gasteiger charge is 2.42. The molecule has 6 heteroatoms. The molecule has 3 aliphatic rings. The second-order valence-corrected chi connectivity index (χ2v) is 8.31. The van der Waals surface area contributed by atoms with E-state index in [9.17, 15) is 4.79 Å². The number of nitrogens with zero attached hydrogens (tertiary/aromatic N) is 3. The van der Waals surface area contributed by atoms with Crippen LogP contribution in [-0.2, 0) is 16.1 Å². The predicted molar refractivity (Wildman–Crippen MR) is 95.1 cm³/mol. The highest BCUT2D eigenvalue weighted by Crippen LogP contribution is 2.33. The maximum atomic E-state index is 12.8. The standard InChI is InChI=1S/C18H27N3O2S/c1-19-8-10-20(11-9-19)18(22)17-5-4-15-16(23-17)6-7-21(15)13-14-3-2-12-24-14/h2-3,12,15-17H,4-11,13H2,1H3/t15-,16-,17-/m1/s1. The number of carbonyl (C=O) groups is 1. The summed E-state index contributed by atoms with van der Waals surface area (Å²) in [5.74, 6) is 0.221. The van der Waals surface area contributed by atoms with E-state index in [-0.39, 0.29) is 18.1 Å². The fourth-order valence-corrected chi connectivity index (χ4v) is 4.96. The Hall–Kier alpha value is -0.950. The molecule has 0 aromatic carbocycles. The first-order chi connectivity index (χ1) is 11.7. The summed E-state index contributed by atoms with van der Waals surface area (Å²) < 4.78 is 6.26. The van der Waals surface area contributed by atoms with Gasteiger partial charge in [-0.3, -0.25) is 9.69 Å². The largest absolute Gasteiger partial charge is 0.363 e. The molecule has 0 aliphatic carbocycles. The molecule has 0 bridgehead atoms. The Morgan fingerprint density at radius 3 is 2.79 bits per heavy atom. The van der Waals surface area contributed by atoms with Gasteiger partial charge in [0, 0.05) is 50.2 Å². The molecule has 3 atom stereocenters. The first-order valence-electron chi connectivity index (χ1n) is 9.10. The van der Waals surface area contributed by atoms with Crippen molar-refractivity contribution in [1.29, 1.82) is 0 Å². The Kier molecular flexibility index (Phi) is 4.90. The molecule has 1 aromatic rings. The van der Waals surface area contributed by atoms with E-state index in [0.29, 0.717) is 6.04 Å². The lowest BCUT2D eigenvalue weighted by atomic mass is 9.98. The molecule has 5 nitrogen and oxygen atoms in total. The van der Waals surface area contributed by atoms with Crippen molar-refractivity contribution in [3.8, 4) is 0 Å². The smallest absolute Gasteiger partial charge is 0.251 e. The van der Waals surface area contributed by atoms with Gasteiger partial charge in [-0.05, 0) is 37.8 Å². The number of amides is 1. The molecule has 1 amide bonds. The summed E-state index contributed by atoms with van der Waals surface area (Å²) in [5.41, 5.74) is 0. The minimum atomic E-state index is -0.212. The zero-order valence-corrected chi connectivity index (χ0v) is 15.2. The predicted octanol–water partition coefficient (Wildman–Crippen LogP) is 1.64. The average molecular weight is 350 g/mol. The lowest BCUT2D eigenvalue weighted by molar-refractivity contribution is -0.156. The molecule has 0 spiro atoms. The number of hydrogen-bond acceptors (Lipinski definition) is 5. The number of likely N-dealkylation sites (N-methyl/N-ethyl adjacent to an activating group) is 1. The van der Waals surface area contributed by atoms with Crippen LogP contribution in [0, 0.1) is 0 Å². The van der Waals surface area contributed by atoms with Crippen LogP contribution in [0.4, 0.5) is 0 Å². The van der Waals surface area contributed by atoms with Crippen LogP contribution in [0.5, 0.6) is 0 Å². The first kappa shape index (κ1) is 16.5. The van der Waals surface area contributed by atoms with Crippen LogP contribution in [0.15, 0.2) is 17.5 Å². The third-order valence-corrected chi connectivity index (χ3v) is 6.55. The number of likely N-dealkylation sites (tertiary alicyclic amines) is 1. The summed E-state index contributed by atoms with van der Waals surface area (Å²) >= 11 is 1.83. The fourth-order valence-electron chi connectivity index (χ4n) is 4.23. The molecular weight excluding hydrogens is 322 g/mol. The van der Waals surface area contributed by atoms with Crippen molar-refractivity contribution in [1.82, 2.24) is 14.7 Å². The van der Waals surface area contributed by atoms with E-state index >= 15 is 0 Å². The number of carbonyl (C=O) groups excluding carboxylic acids is 1. The highest BCUT2D eigenvalue weighted by atomic mass is 32.1. The van der Waals surface area contributed by atoms with E-state index < -0.39 is 0 Å². The topological polar surface area (TPSA) is 36.0 Å². The van der Waals surface area contributed by atoms with Gasteiger partial charge < -0.3 is 14.5 Å². The lowest BCUT2D eigenvalue weighted by Crippen LogP contribution is -2.53. The van der Waals surface area contributed by atoms with Crippen LogP contribution < -0.4 is 0 Å². The van der Waals surface area contributed by atoms with E-state index in [4.69, 9.17) is 4.74 Å². The quantitative estimate of drug-likeness (QED) is 0.831. The monoisotopic (exact) mass is 349 g/mol. The third kappa shape index (κ3) is 3.38. The molecule has 3 saturated heterocycles. The van der Waals surface area contributed by atoms with Crippen molar-refractivity contribution in [2.45, 2.75) is 44.1 Å². The van der Waals surface area contributed by atoms with E-state index in [1.165, 1.54) is 4.88 Å². The van der Waals surface area contributed by atoms with E-state index in [0.717, 1.165) is 58.5 Å². The number of rotatable bonds is 3. The first-order valence-corrected chi connectivity index (χ1v) is 9.98. The molecule has 3 aliphatic heterocycles. The van der Waals surface area contributed by atoms with Crippen molar-refractivity contribution in [2.24, 2.45) is 0 Å². The van der Waals surface area contributed by atoms with E-state index in [2.05, 4.69) is 34.4 Å². The van der Waals surface area contributed by atoms with Gasteiger partial charge in [0.2, 0.25) is 0 Å². The Morgan fingerprint density at radius 1 is 1.21 bits per heavy atom. The Labute approximate surface area is 148 Å². The summed E-state index contributed by atoms with van der Waals surface area (Å²) in [6.07, 6.45) is 3.03. The summed E-state index contributed by atoms with van der Waals surface area (Å²) in [4.78, 5) is 21.0. The Bertz CT molecular complexity index is 557. The molecule has 0 unspecified atom stereocenters.